The molecule has 1 aromatic rings. The number of anilines is 1. The zero-order chi connectivity index (χ0) is 15.3. The fourth-order valence-electron chi connectivity index (χ4n) is 1.30. The summed E-state index contributed by atoms with van der Waals surface area (Å²) in [4.78, 5) is 32.5. The first-order valence-corrected chi connectivity index (χ1v) is 5.27. The van der Waals surface area contributed by atoms with Crippen LogP contribution in [-0.2, 0) is 9.59 Å². The number of aliphatic carboxylic acids is 2. The molecule has 2 amide bonds. The molecule has 4 N–H and O–H groups in total. The predicted molar refractivity (Wildman–Crippen MR) is 62.2 cm³/mol. The predicted octanol–water partition coefficient (Wildman–Crippen LogP) is 1.01. The zero-order valence-electron chi connectivity index (χ0n) is 9.89. The van der Waals surface area contributed by atoms with Gasteiger partial charge in [-0.25, -0.2) is 18.4 Å². The number of benzene rings is 1. The summed E-state index contributed by atoms with van der Waals surface area (Å²) in [5.74, 6) is -5.14. The van der Waals surface area contributed by atoms with E-state index in [2.05, 4.69) is 0 Å². The van der Waals surface area contributed by atoms with Crippen LogP contribution in [-0.4, -0.2) is 34.2 Å². The highest BCUT2D eigenvalue weighted by Crippen LogP contribution is 2.17. The first-order chi connectivity index (χ1) is 9.31. The van der Waals surface area contributed by atoms with Gasteiger partial charge in [0.25, 0.3) is 0 Å². The van der Waals surface area contributed by atoms with E-state index >= 15 is 0 Å². The third kappa shape index (κ3) is 4.19. The van der Waals surface area contributed by atoms with Crippen molar-refractivity contribution in [2.75, 3.05) is 5.32 Å². The highest BCUT2D eigenvalue weighted by atomic mass is 19.1. The van der Waals surface area contributed by atoms with Crippen LogP contribution in [0.4, 0.5) is 19.3 Å². The van der Waals surface area contributed by atoms with E-state index in [0.717, 1.165) is 18.2 Å². The fraction of sp³-hybridized carbons (Fsp3) is 0.182. The SMILES string of the molecule is O=C(O)C[C@@H](NC(=O)Nc1c(F)cccc1F)C(=O)O. The second kappa shape index (κ2) is 6.45. The van der Waals surface area contributed by atoms with Crippen LogP contribution >= 0.6 is 0 Å². The minimum absolute atomic E-state index is 0.760. The van der Waals surface area contributed by atoms with Crippen LogP contribution in [0, 0.1) is 11.6 Å². The molecule has 1 rings (SSSR count). The van der Waals surface area contributed by atoms with Crippen molar-refractivity contribution in [2.24, 2.45) is 0 Å². The van der Waals surface area contributed by atoms with Gasteiger partial charge in [-0.05, 0) is 12.1 Å². The number of carboxylic acid groups (broad SMARTS) is 2. The first-order valence-electron chi connectivity index (χ1n) is 5.27. The molecule has 0 radical (unpaired) electrons. The number of para-hydroxylation sites is 1. The number of carboxylic acids is 2. The number of hydrogen-bond donors (Lipinski definition) is 4. The molecule has 0 aromatic heterocycles. The van der Waals surface area contributed by atoms with Gasteiger partial charge in [0, 0.05) is 0 Å². The minimum atomic E-state index is -1.72. The Kier molecular flexibility index (Phi) is 4.95. The van der Waals surface area contributed by atoms with Crippen LogP contribution in [0.3, 0.4) is 0 Å². The maximum Gasteiger partial charge on any atom is 0.326 e. The molecule has 0 bridgehead atoms. The lowest BCUT2D eigenvalue weighted by Gasteiger charge is -2.13. The molecule has 20 heavy (non-hydrogen) atoms. The summed E-state index contributed by atoms with van der Waals surface area (Å²) in [5.41, 5.74) is -0.760. The topological polar surface area (TPSA) is 116 Å². The van der Waals surface area contributed by atoms with Crippen LogP contribution in [0.5, 0.6) is 0 Å². The fourth-order valence-corrected chi connectivity index (χ4v) is 1.30. The van der Waals surface area contributed by atoms with Gasteiger partial charge < -0.3 is 20.8 Å². The van der Waals surface area contributed by atoms with Gasteiger partial charge in [-0.3, -0.25) is 4.79 Å². The van der Waals surface area contributed by atoms with Gasteiger partial charge in [0.1, 0.15) is 23.4 Å². The lowest BCUT2D eigenvalue weighted by molar-refractivity contribution is -0.145. The van der Waals surface area contributed by atoms with E-state index in [1.165, 1.54) is 0 Å². The Morgan fingerprint density at radius 2 is 1.70 bits per heavy atom. The molecule has 0 spiro atoms. The molecule has 0 heterocycles. The minimum Gasteiger partial charge on any atom is -0.481 e. The molecule has 1 atom stereocenters. The summed E-state index contributed by atoms with van der Waals surface area (Å²) in [7, 11) is 0. The van der Waals surface area contributed by atoms with E-state index in [-0.39, 0.29) is 0 Å². The smallest absolute Gasteiger partial charge is 0.326 e. The summed E-state index contributed by atoms with van der Waals surface area (Å²) in [5, 5.41) is 20.7. The van der Waals surface area contributed by atoms with Crippen molar-refractivity contribution in [3.63, 3.8) is 0 Å². The number of urea groups is 1. The number of carbonyl (C=O) groups is 3. The first kappa shape index (κ1) is 15.3. The average Bonchev–Trinajstić information content (AvgIpc) is 2.32. The van der Waals surface area contributed by atoms with Gasteiger partial charge in [-0.2, -0.15) is 0 Å². The summed E-state index contributed by atoms with van der Waals surface area (Å²) in [6.45, 7) is 0. The monoisotopic (exact) mass is 288 g/mol. The molecule has 0 saturated carbocycles. The summed E-state index contributed by atoms with van der Waals surface area (Å²) in [6, 6.07) is -0.0852. The largest absolute Gasteiger partial charge is 0.481 e. The number of halogens is 2. The molecular weight excluding hydrogens is 278 g/mol. The van der Waals surface area contributed by atoms with Crippen LogP contribution in [0.15, 0.2) is 18.2 Å². The van der Waals surface area contributed by atoms with E-state index in [1.54, 1.807) is 10.6 Å². The lowest BCUT2D eigenvalue weighted by Crippen LogP contribution is -2.44. The molecule has 0 aliphatic rings. The lowest BCUT2D eigenvalue weighted by atomic mass is 10.2. The second-order valence-electron chi connectivity index (χ2n) is 3.68. The maximum absolute atomic E-state index is 13.2. The Morgan fingerprint density at radius 1 is 1.15 bits per heavy atom. The number of amides is 2. The van der Waals surface area contributed by atoms with E-state index in [1.807, 2.05) is 0 Å². The van der Waals surface area contributed by atoms with Crippen LogP contribution in [0.1, 0.15) is 6.42 Å². The van der Waals surface area contributed by atoms with E-state index in [4.69, 9.17) is 10.2 Å². The molecule has 0 fully saturated rings. The molecule has 1 aromatic carbocycles. The van der Waals surface area contributed by atoms with Crippen molar-refractivity contribution in [2.45, 2.75) is 12.5 Å². The van der Waals surface area contributed by atoms with Crippen molar-refractivity contribution >= 4 is 23.7 Å². The van der Waals surface area contributed by atoms with Crippen molar-refractivity contribution in [3.05, 3.63) is 29.8 Å². The van der Waals surface area contributed by atoms with Crippen LogP contribution < -0.4 is 10.6 Å². The molecule has 9 heteroatoms. The Bertz CT molecular complexity index is 529. The Labute approximate surface area is 111 Å². The molecular formula is C11H10F2N2O5. The van der Waals surface area contributed by atoms with Gasteiger partial charge in [-0.1, -0.05) is 6.07 Å². The zero-order valence-corrected chi connectivity index (χ0v) is 9.89. The molecule has 7 nitrogen and oxygen atoms in total. The van der Waals surface area contributed by atoms with Gasteiger partial charge in [0.15, 0.2) is 0 Å². The van der Waals surface area contributed by atoms with Gasteiger partial charge in [-0.15, -0.1) is 0 Å². The third-order valence-electron chi connectivity index (χ3n) is 2.18. The molecule has 0 aliphatic carbocycles. The normalized spacial score (nSPS) is 11.5. The maximum atomic E-state index is 13.2. The van der Waals surface area contributed by atoms with E-state index < -0.39 is 47.8 Å². The molecule has 0 unspecified atom stereocenters. The van der Waals surface area contributed by atoms with Gasteiger partial charge >= 0.3 is 18.0 Å². The second-order valence-corrected chi connectivity index (χ2v) is 3.68. The van der Waals surface area contributed by atoms with Crippen molar-refractivity contribution < 1.29 is 33.4 Å². The number of nitrogens with one attached hydrogen (secondary N) is 2. The van der Waals surface area contributed by atoms with Crippen molar-refractivity contribution in [3.8, 4) is 0 Å². The number of rotatable bonds is 5. The summed E-state index contributed by atoms with van der Waals surface area (Å²) in [6.07, 6.45) is -0.873. The highest BCUT2D eigenvalue weighted by Gasteiger charge is 2.23. The van der Waals surface area contributed by atoms with Crippen molar-refractivity contribution in [1.82, 2.24) is 5.32 Å². The Balaban J connectivity index is 2.76. The standard InChI is InChI=1S/C11H10F2N2O5/c12-5-2-1-3-6(13)9(5)15-11(20)14-7(10(18)19)4-8(16)17/h1-3,7H,4H2,(H,16,17)(H,18,19)(H2,14,15,20)/t7-/m1/s1. The Hall–Kier alpha value is -2.71. The molecule has 108 valence electrons. The van der Waals surface area contributed by atoms with Crippen molar-refractivity contribution in [1.29, 1.82) is 0 Å². The third-order valence-corrected chi connectivity index (χ3v) is 2.18. The van der Waals surface area contributed by atoms with E-state index in [0.29, 0.717) is 0 Å². The van der Waals surface area contributed by atoms with E-state index in [9.17, 15) is 23.2 Å². The highest BCUT2D eigenvalue weighted by molar-refractivity contribution is 5.93. The van der Waals surface area contributed by atoms with Gasteiger partial charge in [0.05, 0.1) is 6.42 Å². The quantitative estimate of drug-likeness (QED) is 0.645. The number of carbonyl (C=O) groups excluding carboxylic acids is 1. The van der Waals surface area contributed by atoms with Crippen LogP contribution in [0.2, 0.25) is 0 Å². The average molecular weight is 288 g/mol. The Morgan fingerprint density at radius 3 is 2.15 bits per heavy atom. The van der Waals surface area contributed by atoms with Gasteiger partial charge in [0.2, 0.25) is 0 Å². The molecule has 0 saturated heterocycles. The summed E-state index contributed by atoms with van der Waals surface area (Å²) < 4.78 is 26.4. The summed E-state index contributed by atoms with van der Waals surface area (Å²) >= 11 is 0. The molecule has 0 aliphatic heterocycles. The van der Waals surface area contributed by atoms with Crippen LogP contribution in [0.25, 0.3) is 0 Å². The number of hydrogen-bond acceptors (Lipinski definition) is 3.